The average Bonchev–Trinajstić information content (AvgIpc) is 2.45. The number of carbonyl (C=O) groups is 2. The number of amides is 3. The van der Waals surface area contributed by atoms with Gasteiger partial charge >= 0.3 is 6.03 Å². The van der Waals surface area contributed by atoms with Gasteiger partial charge in [0, 0.05) is 25.8 Å². The largest absolute Gasteiger partial charge is 0.338 e. The topological polar surface area (TPSA) is 65.5 Å². The van der Waals surface area contributed by atoms with E-state index in [2.05, 4.69) is 10.3 Å². The molecule has 1 fully saturated rings. The Morgan fingerprint density at radius 3 is 2.95 bits per heavy atom. The van der Waals surface area contributed by atoms with E-state index in [1.165, 1.54) is 0 Å². The summed E-state index contributed by atoms with van der Waals surface area (Å²) >= 11 is 0. The predicted molar refractivity (Wildman–Crippen MR) is 71.9 cm³/mol. The van der Waals surface area contributed by atoms with E-state index >= 15 is 0 Å². The van der Waals surface area contributed by atoms with Crippen LogP contribution in [-0.2, 0) is 4.79 Å². The molecule has 0 aromatic carbocycles. The maximum atomic E-state index is 12.1. The van der Waals surface area contributed by atoms with Gasteiger partial charge in [-0.05, 0) is 18.6 Å². The molecule has 6 heteroatoms. The number of rotatable bonds is 3. The van der Waals surface area contributed by atoms with Crippen LogP contribution in [0.3, 0.4) is 0 Å². The molecule has 1 aromatic rings. The molecule has 6 nitrogen and oxygen atoms in total. The van der Waals surface area contributed by atoms with Crippen LogP contribution in [0, 0.1) is 0 Å². The van der Waals surface area contributed by atoms with Crippen LogP contribution in [0.2, 0.25) is 0 Å². The van der Waals surface area contributed by atoms with Gasteiger partial charge in [-0.25, -0.2) is 4.79 Å². The first-order valence-electron chi connectivity index (χ1n) is 6.45. The van der Waals surface area contributed by atoms with Crippen molar-refractivity contribution in [1.29, 1.82) is 0 Å². The maximum Gasteiger partial charge on any atom is 0.317 e. The highest BCUT2D eigenvalue weighted by Gasteiger charge is 2.27. The number of carbonyl (C=O) groups excluding carboxylic acids is 2. The highest BCUT2D eigenvalue weighted by molar-refractivity contribution is 5.97. The standard InChI is InChI=1S/C13H18N4O2/c1-2-5-15-13(19)16-7-8-17(12(18)10-16)11-4-3-6-14-9-11/h3-4,6,9H,2,5,7-8,10H2,1H3,(H,15,19). The number of anilines is 1. The molecule has 1 aliphatic heterocycles. The van der Waals surface area contributed by atoms with Crippen molar-refractivity contribution in [2.45, 2.75) is 13.3 Å². The van der Waals surface area contributed by atoms with Gasteiger partial charge in [0.1, 0.15) is 6.54 Å². The summed E-state index contributed by atoms with van der Waals surface area (Å²) in [6.07, 6.45) is 4.21. The molecule has 0 aliphatic carbocycles. The zero-order valence-corrected chi connectivity index (χ0v) is 11.0. The van der Waals surface area contributed by atoms with E-state index in [0.717, 1.165) is 12.1 Å². The molecule has 19 heavy (non-hydrogen) atoms. The van der Waals surface area contributed by atoms with Crippen molar-refractivity contribution in [2.24, 2.45) is 0 Å². The monoisotopic (exact) mass is 262 g/mol. The molecule has 1 saturated heterocycles. The summed E-state index contributed by atoms with van der Waals surface area (Å²) in [5.41, 5.74) is 0.779. The summed E-state index contributed by atoms with van der Waals surface area (Å²) in [6.45, 7) is 3.78. The van der Waals surface area contributed by atoms with Gasteiger partial charge in [-0.2, -0.15) is 0 Å². The number of aromatic nitrogens is 1. The average molecular weight is 262 g/mol. The van der Waals surface area contributed by atoms with E-state index in [-0.39, 0.29) is 18.5 Å². The lowest BCUT2D eigenvalue weighted by Gasteiger charge is -2.34. The summed E-state index contributed by atoms with van der Waals surface area (Å²) in [4.78, 5) is 31.0. The lowest BCUT2D eigenvalue weighted by Crippen LogP contribution is -2.54. The van der Waals surface area contributed by atoms with Crippen molar-refractivity contribution in [2.75, 3.05) is 31.1 Å². The quantitative estimate of drug-likeness (QED) is 0.878. The Labute approximate surface area is 112 Å². The molecule has 0 bridgehead atoms. The first-order chi connectivity index (χ1) is 9.22. The summed E-state index contributed by atoms with van der Waals surface area (Å²) in [5.74, 6) is -0.0779. The van der Waals surface area contributed by atoms with Crippen LogP contribution < -0.4 is 10.2 Å². The fourth-order valence-corrected chi connectivity index (χ4v) is 1.98. The Morgan fingerprint density at radius 2 is 2.32 bits per heavy atom. The van der Waals surface area contributed by atoms with Crippen LogP contribution in [0.5, 0.6) is 0 Å². The zero-order chi connectivity index (χ0) is 13.7. The zero-order valence-electron chi connectivity index (χ0n) is 11.0. The van der Waals surface area contributed by atoms with Gasteiger partial charge in [0.25, 0.3) is 0 Å². The van der Waals surface area contributed by atoms with Crippen LogP contribution in [0.25, 0.3) is 0 Å². The van der Waals surface area contributed by atoms with Gasteiger partial charge in [0.05, 0.1) is 11.9 Å². The van der Waals surface area contributed by atoms with Gasteiger partial charge in [-0.3, -0.25) is 9.78 Å². The third-order valence-electron chi connectivity index (χ3n) is 2.99. The fraction of sp³-hybridized carbons (Fsp3) is 0.462. The van der Waals surface area contributed by atoms with E-state index in [9.17, 15) is 9.59 Å². The summed E-state index contributed by atoms with van der Waals surface area (Å²) in [5, 5.41) is 2.78. The molecule has 0 radical (unpaired) electrons. The molecular formula is C13H18N4O2. The molecule has 1 N–H and O–H groups in total. The van der Waals surface area contributed by atoms with Crippen LogP contribution in [0.1, 0.15) is 13.3 Å². The number of nitrogens with zero attached hydrogens (tertiary/aromatic N) is 3. The summed E-state index contributed by atoms with van der Waals surface area (Å²) in [7, 11) is 0. The van der Waals surface area contributed by atoms with Gasteiger partial charge in [0.2, 0.25) is 5.91 Å². The smallest absolute Gasteiger partial charge is 0.317 e. The number of pyridine rings is 1. The summed E-state index contributed by atoms with van der Waals surface area (Å²) in [6, 6.07) is 3.47. The lowest BCUT2D eigenvalue weighted by molar-refractivity contribution is -0.120. The molecule has 0 unspecified atom stereocenters. The van der Waals surface area contributed by atoms with E-state index in [1.54, 1.807) is 28.3 Å². The molecule has 0 saturated carbocycles. The van der Waals surface area contributed by atoms with E-state index in [4.69, 9.17) is 0 Å². The number of piperazine rings is 1. The minimum Gasteiger partial charge on any atom is -0.338 e. The van der Waals surface area contributed by atoms with Crippen LogP contribution in [-0.4, -0.2) is 48.0 Å². The van der Waals surface area contributed by atoms with E-state index in [1.807, 2.05) is 13.0 Å². The Bertz CT molecular complexity index is 449. The first kappa shape index (κ1) is 13.3. The molecule has 3 amide bonds. The van der Waals surface area contributed by atoms with Crippen LogP contribution >= 0.6 is 0 Å². The Balaban J connectivity index is 1.95. The van der Waals surface area contributed by atoms with Crippen LogP contribution in [0.15, 0.2) is 24.5 Å². The molecule has 0 atom stereocenters. The second kappa shape index (κ2) is 6.17. The molecule has 1 aliphatic rings. The molecule has 2 heterocycles. The van der Waals surface area contributed by atoms with E-state index in [0.29, 0.717) is 19.6 Å². The van der Waals surface area contributed by atoms with Gasteiger partial charge in [-0.1, -0.05) is 6.92 Å². The molecule has 2 rings (SSSR count). The van der Waals surface area contributed by atoms with Crippen molar-refractivity contribution in [3.8, 4) is 0 Å². The summed E-state index contributed by atoms with van der Waals surface area (Å²) < 4.78 is 0. The fourth-order valence-electron chi connectivity index (χ4n) is 1.98. The Morgan fingerprint density at radius 1 is 1.47 bits per heavy atom. The number of hydrogen-bond donors (Lipinski definition) is 1. The van der Waals surface area contributed by atoms with Crippen molar-refractivity contribution < 1.29 is 9.59 Å². The molecule has 0 spiro atoms. The van der Waals surface area contributed by atoms with Crippen molar-refractivity contribution in [3.63, 3.8) is 0 Å². The number of urea groups is 1. The van der Waals surface area contributed by atoms with Crippen molar-refractivity contribution in [1.82, 2.24) is 15.2 Å². The van der Waals surface area contributed by atoms with Gasteiger partial charge in [0.15, 0.2) is 0 Å². The maximum absolute atomic E-state index is 12.1. The number of hydrogen-bond acceptors (Lipinski definition) is 3. The highest BCUT2D eigenvalue weighted by Crippen LogP contribution is 2.15. The van der Waals surface area contributed by atoms with E-state index < -0.39 is 0 Å². The minimum absolute atomic E-state index is 0.0779. The SMILES string of the molecule is CCCNC(=O)N1CCN(c2cccnc2)C(=O)C1. The lowest BCUT2D eigenvalue weighted by atomic mass is 10.2. The number of nitrogens with one attached hydrogen (secondary N) is 1. The Hall–Kier alpha value is -2.11. The van der Waals surface area contributed by atoms with Gasteiger partial charge < -0.3 is 15.1 Å². The second-order valence-electron chi connectivity index (χ2n) is 4.41. The minimum atomic E-state index is -0.166. The first-order valence-corrected chi connectivity index (χ1v) is 6.45. The van der Waals surface area contributed by atoms with Crippen molar-refractivity contribution in [3.05, 3.63) is 24.5 Å². The third kappa shape index (κ3) is 3.21. The molecule has 102 valence electrons. The third-order valence-corrected chi connectivity index (χ3v) is 2.99. The van der Waals surface area contributed by atoms with Crippen LogP contribution in [0.4, 0.5) is 10.5 Å². The highest BCUT2D eigenvalue weighted by atomic mass is 16.2. The van der Waals surface area contributed by atoms with Gasteiger partial charge in [-0.15, -0.1) is 0 Å². The normalized spacial score (nSPS) is 15.5. The Kier molecular flexibility index (Phi) is 4.33. The second-order valence-corrected chi connectivity index (χ2v) is 4.41. The molecular weight excluding hydrogens is 244 g/mol. The van der Waals surface area contributed by atoms with Crippen molar-refractivity contribution >= 4 is 17.6 Å². The predicted octanol–water partition coefficient (Wildman–Crippen LogP) is 0.850. The molecule has 1 aromatic heterocycles.